The first-order valence-corrected chi connectivity index (χ1v) is 6.48. The van der Waals surface area contributed by atoms with Crippen LogP contribution >= 0.6 is 0 Å². The van der Waals surface area contributed by atoms with Crippen molar-refractivity contribution in [2.24, 2.45) is 0 Å². The minimum Gasteiger partial charge on any atom is -0.302 e. The molecule has 2 aromatic rings. The number of carbonyl (C=O) groups is 1. The maximum Gasteiger partial charge on any atom is 0.130 e. The lowest BCUT2D eigenvalue weighted by atomic mass is 9.81. The molecule has 1 atom stereocenters. The molecule has 0 unspecified atom stereocenters. The Balaban J connectivity index is 2.12. The van der Waals surface area contributed by atoms with Gasteiger partial charge in [-0.05, 0) is 24.5 Å². The summed E-state index contributed by atoms with van der Waals surface area (Å²) in [7, 11) is 0. The van der Waals surface area contributed by atoms with Crippen molar-refractivity contribution in [3.05, 3.63) is 77.9 Å². The number of hydrogen-bond acceptors (Lipinski definition) is 1. The summed E-state index contributed by atoms with van der Waals surface area (Å²) < 4.78 is 0. The lowest BCUT2D eigenvalue weighted by Gasteiger charge is -2.21. The van der Waals surface area contributed by atoms with E-state index >= 15 is 0 Å². The van der Waals surface area contributed by atoms with Gasteiger partial charge >= 0.3 is 0 Å². The van der Waals surface area contributed by atoms with E-state index in [1.54, 1.807) is 0 Å². The summed E-state index contributed by atoms with van der Waals surface area (Å²) in [6, 6.07) is 20.0. The van der Waals surface area contributed by atoms with Gasteiger partial charge in [-0.3, -0.25) is 0 Å². The molecule has 0 N–H and O–H groups in total. The first kappa shape index (κ1) is 13.3. The summed E-state index contributed by atoms with van der Waals surface area (Å²) in [5.41, 5.74) is 1.76. The van der Waals surface area contributed by atoms with Gasteiger partial charge in [0.2, 0.25) is 0 Å². The molecule has 1 heteroatoms. The maximum absolute atomic E-state index is 11.4. The third-order valence-corrected chi connectivity index (χ3v) is 3.35. The number of hydrogen-bond donors (Lipinski definition) is 0. The van der Waals surface area contributed by atoms with E-state index in [1.165, 1.54) is 0 Å². The van der Waals surface area contributed by atoms with Crippen LogP contribution in [0.3, 0.4) is 0 Å². The van der Waals surface area contributed by atoms with Gasteiger partial charge in [0, 0.05) is 0 Å². The van der Waals surface area contributed by atoms with Gasteiger partial charge in [-0.2, -0.15) is 0 Å². The van der Waals surface area contributed by atoms with Crippen LogP contribution in [0.5, 0.6) is 0 Å². The molecule has 0 aromatic heterocycles. The van der Waals surface area contributed by atoms with Crippen LogP contribution in [0.1, 0.15) is 24.5 Å². The van der Waals surface area contributed by atoms with Gasteiger partial charge in [0.25, 0.3) is 0 Å². The van der Waals surface area contributed by atoms with E-state index < -0.39 is 5.41 Å². The van der Waals surface area contributed by atoms with Gasteiger partial charge in [0.15, 0.2) is 0 Å². The van der Waals surface area contributed by atoms with Crippen LogP contribution in [0.15, 0.2) is 66.7 Å². The quantitative estimate of drug-likeness (QED) is 0.725. The summed E-state index contributed by atoms with van der Waals surface area (Å²) >= 11 is 0. The molecule has 19 heavy (non-hydrogen) atoms. The fourth-order valence-electron chi connectivity index (χ4n) is 2.06. The van der Waals surface area contributed by atoms with E-state index in [2.05, 4.69) is 24.3 Å². The summed E-state index contributed by atoms with van der Waals surface area (Å²) in [4.78, 5) is 11.4. The zero-order chi connectivity index (χ0) is 13.6. The molecule has 2 aromatic carbocycles. The predicted octanol–water partition coefficient (Wildman–Crippen LogP) is 4.25. The fourth-order valence-corrected chi connectivity index (χ4v) is 2.06. The number of aldehydes is 1. The highest BCUT2D eigenvalue weighted by molar-refractivity contribution is 5.68. The molecule has 2 rings (SSSR count). The number of rotatable bonds is 5. The first-order chi connectivity index (χ1) is 9.24. The van der Waals surface area contributed by atoms with Gasteiger partial charge in [-0.15, -0.1) is 0 Å². The Hall–Kier alpha value is -2.15. The average Bonchev–Trinajstić information content (AvgIpc) is 2.49. The average molecular weight is 250 g/mol. The molecule has 0 aliphatic carbocycles. The second kappa shape index (κ2) is 6.14. The van der Waals surface area contributed by atoms with Gasteiger partial charge in [-0.25, -0.2) is 0 Å². The van der Waals surface area contributed by atoms with Crippen LogP contribution in [0.25, 0.3) is 6.08 Å². The summed E-state index contributed by atoms with van der Waals surface area (Å²) in [5, 5.41) is 0. The van der Waals surface area contributed by atoms with Crippen molar-refractivity contribution in [2.75, 3.05) is 0 Å². The molecule has 0 radical (unpaired) electrons. The molecule has 0 saturated heterocycles. The van der Waals surface area contributed by atoms with E-state index in [4.69, 9.17) is 0 Å². The third kappa shape index (κ3) is 3.41. The molecule has 0 heterocycles. The van der Waals surface area contributed by atoms with Crippen LogP contribution in [-0.4, -0.2) is 6.29 Å². The van der Waals surface area contributed by atoms with E-state index in [0.29, 0.717) is 6.42 Å². The predicted molar refractivity (Wildman–Crippen MR) is 80.0 cm³/mol. The van der Waals surface area contributed by atoms with Crippen LogP contribution < -0.4 is 0 Å². The van der Waals surface area contributed by atoms with Crippen molar-refractivity contribution in [1.29, 1.82) is 0 Å². The van der Waals surface area contributed by atoms with Crippen molar-refractivity contribution in [2.45, 2.75) is 18.8 Å². The Morgan fingerprint density at radius 2 is 1.53 bits per heavy atom. The molecule has 1 nitrogen and oxygen atoms in total. The Kier molecular flexibility index (Phi) is 4.30. The van der Waals surface area contributed by atoms with Crippen LogP contribution in [0.2, 0.25) is 0 Å². The standard InChI is InChI=1S/C18H18O/c1-18(15-19,17-12-6-3-7-13-17)14-8-11-16-9-4-2-5-10-16/h2-13,15H,14H2,1H3/b11-8+/t18-/m0/s1. The summed E-state index contributed by atoms with van der Waals surface area (Å²) in [6.45, 7) is 1.98. The van der Waals surface area contributed by atoms with E-state index in [0.717, 1.165) is 17.4 Å². The molecule has 0 amide bonds. The van der Waals surface area contributed by atoms with Crippen LogP contribution in [0, 0.1) is 0 Å². The molecule has 96 valence electrons. The van der Waals surface area contributed by atoms with Gasteiger partial charge < -0.3 is 4.79 Å². The molecule has 0 bridgehead atoms. The molecular weight excluding hydrogens is 232 g/mol. The maximum atomic E-state index is 11.4. The summed E-state index contributed by atoms with van der Waals surface area (Å²) in [5.74, 6) is 0. The number of carbonyl (C=O) groups excluding carboxylic acids is 1. The Labute approximate surface area is 114 Å². The van der Waals surface area contributed by atoms with Gasteiger partial charge in [0.1, 0.15) is 6.29 Å². The Morgan fingerprint density at radius 1 is 0.947 bits per heavy atom. The molecular formula is C18H18O. The van der Waals surface area contributed by atoms with Crippen molar-refractivity contribution < 1.29 is 4.79 Å². The van der Waals surface area contributed by atoms with Crippen LogP contribution in [-0.2, 0) is 10.2 Å². The zero-order valence-corrected chi connectivity index (χ0v) is 11.1. The largest absolute Gasteiger partial charge is 0.302 e. The first-order valence-electron chi connectivity index (χ1n) is 6.48. The number of allylic oxidation sites excluding steroid dienone is 1. The highest BCUT2D eigenvalue weighted by Crippen LogP contribution is 2.26. The fraction of sp³-hybridized carbons (Fsp3) is 0.167. The molecule has 0 fully saturated rings. The molecule has 0 aliphatic rings. The normalized spacial score (nSPS) is 14.2. The Bertz CT molecular complexity index is 542. The lowest BCUT2D eigenvalue weighted by Crippen LogP contribution is -2.22. The third-order valence-electron chi connectivity index (χ3n) is 3.35. The van der Waals surface area contributed by atoms with Crippen LogP contribution in [0.4, 0.5) is 0 Å². The topological polar surface area (TPSA) is 17.1 Å². The lowest BCUT2D eigenvalue weighted by molar-refractivity contribution is -0.112. The molecule has 0 spiro atoms. The molecule has 0 aliphatic heterocycles. The number of benzene rings is 2. The minimum absolute atomic E-state index is 0.452. The van der Waals surface area contributed by atoms with Gasteiger partial charge in [0.05, 0.1) is 5.41 Å². The van der Waals surface area contributed by atoms with Crippen molar-refractivity contribution in [3.63, 3.8) is 0 Å². The van der Waals surface area contributed by atoms with E-state index in [1.807, 2.05) is 55.5 Å². The van der Waals surface area contributed by atoms with Crippen molar-refractivity contribution in [1.82, 2.24) is 0 Å². The summed E-state index contributed by atoms with van der Waals surface area (Å²) in [6.07, 6.45) is 5.87. The van der Waals surface area contributed by atoms with E-state index in [-0.39, 0.29) is 0 Å². The van der Waals surface area contributed by atoms with Crippen molar-refractivity contribution in [3.8, 4) is 0 Å². The Morgan fingerprint density at radius 3 is 2.11 bits per heavy atom. The monoisotopic (exact) mass is 250 g/mol. The minimum atomic E-state index is -0.452. The zero-order valence-electron chi connectivity index (χ0n) is 11.1. The SMILES string of the molecule is C[C@@](C=O)(C/C=C/c1ccccc1)c1ccccc1. The molecule has 0 saturated carbocycles. The van der Waals surface area contributed by atoms with Crippen molar-refractivity contribution >= 4 is 12.4 Å². The second-order valence-electron chi connectivity index (χ2n) is 4.92. The highest BCUT2D eigenvalue weighted by Gasteiger charge is 2.23. The highest BCUT2D eigenvalue weighted by atomic mass is 16.1. The second-order valence-corrected chi connectivity index (χ2v) is 4.92. The van der Waals surface area contributed by atoms with E-state index in [9.17, 15) is 4.79 Å². The smallest absolute Gasteiger partial charge is 0.130 e. The van der Waals surface area contributed by atoms with Gasteiger partial charge in [-0.1, -0.05) is 72.8 Å².